The minimum atomic E-state index is -1.71. The number of carboxylic acids is 2. The lowest BCUT2D eigenvalue weighted by atomic mass is 10.0. The molecule has 1 aromatic heterocycles. The molecular weight excluding hydrogens is 1030 g/mol. The van der Waals surface area contributed by atoms with Gasteiger partial charge in [-0.05, 0) is 75.0 Å². The normalized spacial score (nSPS) is 16.2. The molecule has 9 atom stereocenters. The summed E-state index contributed by atoms with van der Waals surface area (Å²) in [4.78, 5) is 142. The van der Waals surface area contributed by atoms with Crippen molar-refractivity contribution in [3.05, 3.63) is 71.9 Å². The molecule has 0 bridgehead atoms. The van der Waals surface area contributed by atoms with Crippen LogP contribution in [0.15, 0.2) is 65.8 Å². The lowest BCUT2D eigenvalue weighted by Crippen LogP contribution is -2.61. The van der Waals surface area contributed by atoms with Crippen LogP contribution in [0.1, 0.15) is 76.8 Å². The Hall–Kier alpha value is -7.78. The van der Waals surface area contributed by atoms with E-state index in [1.54, 1.807) is 50.4 Å². The number of aliphatic hydroxyl groups excluding tert-OH is 1. The van der Waals surface area contributed by atoms with E-state index in [2.05, 4.69) is 59.8 Å². The van der Waals surface area contributed by atoms with Crippen LogP contribution >= 0.6 is 12.6 Å². The number of carbonyl (C=O) groups is 10. The van der Waals surface area contributed by atoms with E-state index in [0.717, 1.165) is 21.4 Å². The van der Waals surface area contributed by atoms with Gasteiger partial charge in [0.2, 0.25) is 47.3 Å². The fourth-order valence-electron chi connectivity index (χ4n) is 8.61. The van der Waals surface area contributed by atoms with Crippen molar-refractivity contribution in [1.82, 2.24) is 47.1 Å². The van der Waals surface area contributed by atoms with E-state index in [1.165, 1.54) is 6.92 Å². The number of benzene rings is 2. The molecule has 0 spiro atoms. The number of amides is 8. The van der Waals surface area contributed by atoms with Gasteiger partial charge < -0.3 is 79.6 Å². The number of carbonyl (C=O) groups excluding carboxylic acids is 8. The van der Waals surface area contributed by atoms with E-state index >= 15 is 0 Å². The van der Waals surface area contributed by atoms with Crippen LogP contribution in [0, 0.1) is 5.92 Å². The molecule has 26 nitrogen and oxygen atoms in total. The van der Waals surface area contributed by atoms with Crippen LogP contribution in [0.3, 0.4) is 0 Å². The van der Waals surface area contributed by atoms with Crippen molar-refractivity contribution in [3.8, 4) is 0 Å². The second-order valence-corrected chi connectivity index (χ2v) is 19.7. The highest BCUT2D eigenvalue weighted by Crippen LogP contribution is 2.22. The number of thiol groups is 1. The van der Waals surface area contributed by atoms with Gasteiger partial charge in [0.15, 0.2) is 5.96 Å². The second kappa shape index (κ2) is 30.8. The topological polar surface area (TPSA) is 425 Å². The third-order valence-corrected chi connectivity index (χ3v) is 13.1. The van der Waals surface area contributed by atoms with Crippen LogP contribution in [-0.2, 0) is 60.8 Å². The first-order valence-corrected chi connectivity index (χ1v) is 26.2. The van der Waals surface area contributed by atoms with Gasteiger partial charge in [-0.15, -0.1) is 0 Å². The Morgan fingerprint density at radius 2 is 1.32 bits per heavy atom. The number of rotatable bonds is 31. The summed E-state index contributed by atoms with van der Waals surface area (Å²) in [6.45, 7) is 3.93. The van der Waals surface area contributed by atoms with E-state index in [1.807, 2.05) is 24.3 Å². The average Bonchev–Trinajstić information content (AvgIpc) is 4.09. The predicted octanol–water partition coefficient (Wildman–Crippen LogP) is -2.34. The number of carboxylic acid groups (broad SMARTS) is 2. The molecule has 9 unspecified atom stereocenters. The van der Waals surface area contributed by atoms with Gasteiger partial charge in [-0.3, -0.25) is 48.1 Å². The number of aromatic nitrogens is 1. The maximum Gasteiger partial charge on any atom is 0.326 e. The first-order valence-electron chi connectivity index (χ1n) is 25.5. The van der Waals surface area contributed by atoms with Crippen molar-refractivity contribution in [3.63, 3.8) is 0 Å². The molecule has 27 heteroatoms. The van der Waals surface area contributed by atoms with Gasteiger partial charge in [-0.2, -0.15) is 12.6 Å². The molecule has 1 saturated heterocycles. The summed E-state index contributed by atoms with van der Waals surface area (Å²) in [7, 11) is 0. The minimum Gasteiger partial charge on any atom is -0.481 e. The van der Waals surface area contributed by atoms with Crippen LogP contribution in [0.25, 0.3) is 10.9 Å². The number of nitrogens with two attached hydrogens (primary N) is 3. The molecule has 0 radical (unpaired) electrons. The number of guanidine groups is 1. The molecule has 0 aliphatic carbocycles. The smallest absolute Gasteiger partial charge is 0.326 e. The fourth-order valence-corrected chi connectivity index (χ4v) is 8.87. The van der Waals surface area contributed by atoms with Crippen molar-refractivity contribution >= 4 is 88.7 Å². The Balaban J connectivity index is 1.47. The number of hydrogen-bond donors (Lipinski definition) is 15. The Labute approximate surface area is 456 Å². The van der Waals surface area contributed by atoms with Crippen molar-refractivity contribution < 1.29 is 63.3 Å². The number of likely N-dealkylation sites (tertiary alicyclic amines) is 1. The Kier molecular flexibility index (Phi) is 24.8. The highest BCUT2D eigenvalue weighted by atomic mass is 32.1. The molecule has 426 valence electrons. The fraction of sp³-hybridized carbons (Fsp3) is 0.510. The highest BCUT2D eigenvalue weighted by Gasteiger charge is 2.40. The zero-order chi connectivity index (χ0) is 57.6. The van der Waals surface area contributed by atoms with Gasteiger partial charge in [0.05, 0.1) is 12.6 Å². The number of aliphatic carboxylic acids is 2. The number of para-hydroxylation sites is 1. The summed E-state index contributed by atoms with van der Waals surface area (Å²) in [6.07, 6.45) is 1.24. The van der Waals surface area contributed by atoms with E-state index in [4.69, 9.17) is 17.2 Å². The standard InChI is InChI=1S/C51H73N13O13S/c1-27(2)21-37(50(76)77)61-42(68)28(3)57-47(73)39(26-78)63-45(71)36(22-29-11-5-4-6-12-29)60-46(72)38(25-65)62-48(74)40-16-10-20-64(40)49(75)35(17-18-41(66)67)59-44(70)34(15-9-19-55-51(53)54)58-43(69)32(52)23-30-24-56-33-14-8-7-13-31(30)33/h4-8,11-14,24,27-28,32,34-40,56,65,78H,9-10,15-23,25-26,52H2,1-3H3,(H,57,73)(H,58,69)(H,59,70)(H,60,72)(H,61,68)(H,62,74)(H,63,71)(H,66,67)(H,76,77)(H4,53,54,55). The van der Waals surface area contributed by atoms with Crippen LogP contribution in [0.5, 0.6) is 0 Å². The molecule has 17 N–H and O–H groups in total. The monoisotopic (exact) mass is 1110 g/mol. The van der Waals surface area contributed by atoms with Gasteiger partial charge >= 0.3 is 11.9 Å². The Morgan fingerprint density at radius 3 is 1.96 bits per heavy atom. The number of fused-ring (bicyclic) bond motifs is 1. The molecule has 78 heavy (non-hydrogen) atoms. The third-order valence-electron chi connectivity index (χ3n) is 12.8. The highest BCUT2D eigenvalue weighted by molar-refractivity contribution is 7.80. The average molecular weight is 1110 g/mol. The summed E-state index contributed by atoms with van der Waals surface area (Å²) in [5.74, 6) is -10.0. The number of aliphatic imine (C=N–C) groups is 1. The van der Waals surface area contributed by atoms with Crippen molar-refractivity contribution in [1.29, 1.82) is 0 Å². The Morgan fingerprint density at radius 1 is 0.718 bits per heavy atom. The summed E-state index contributed by atoms with van der Waals surface area (Å²) in [5.41, 5.74) is 19.4. The SMILES string of the molecule is CC(C)CC(NC(=O)C(C)NC(=O)C(CS)NC(=O)C(Cc1ccccc1)NC(=O)C(CO)NC(=O)C1CCCN1C(=O)C(CCC(=O)O)NC(=O)C(CCCN=C(N)N)NC(=O)C(N)Cc1c[nH]c2ccccc12)C(=O)O. The summed E-state index contributed by atoms with van der Waals surface area (Å²) >= 11 is 4.20. The summed E-state index contributed by atoms with van der Waals surface area (Å²) < 4.78 is 0. The molecule has 1 aliphatic rings. The molecule has 8 amide bonds. The third kappa shape index (κ3) is 19.3. The van der Waals surface area contributed by atoms with E-state index < -0.39 is 133 Å². The number of nitrogens with zero attached hydrogens (tertiary/aromatic N) is 2. The van der Waals surface area contributed by atoms with Gasteiger partial charge in [0, 0.05) is 48.8 Å². The predicted molar refractivity (Wildman–Crippen MR) is 289 cm³/mol. The van der Waals surface area contributed by atoms with Crippen molar-refractivity contribution in [2.45, 2.75) is 133 Å². The molecule has 4 rings (SSSR count). The molecule has 1 fully saturated rings. The molecule has 2 aromatic carbocycles. The van der Waals surface area contributed by atoms with Crippen molar-refractivity contribution in [2.24, 2.45) is 28.1 Å². The lowest BCUT2D eigenvalue weighted by Gasteiger charge is -2.30. The molecule has 3 aromatic rings. The van der Waals surface area contributed by atoms with Crippen LogP contribution < -0.4 is 54.4 Å². The second-order valence-electron chi connectivity index (χ2n) is 19.4. The largest absolute Gasteiger partial charge is 0.481 e. The van der Waals surface area contributed by atoms with Gasteiger partial charge in [0.25, 0.3) is 0 Å². The number of aliphatic hydroxyl groups is 1. The van der Waals surface area contributed by atoms with E-state index in [-0.39, 0.29) is 75.7 Å². The summed E-state index contributed by atoms with van der Waals surface area (Å²) in [6, 6.07) is 3.58. The molecule has 2 heterocycles. The quantitative estimate of drug-likeness (QED) is 0.0139. The minimum absolute atomic E-state index is 0.0304. The first kappa shape index (κ1) is 62.8. The van der Waals surface area contributed by atoms with Gasteiger partial charge in [-0.1, -0.05) is 62.4 Å². The zero-order valence-corrected chi connectivity index (χ0v) is 44.6. The lowest BCUT2D eigenvalue weighted by molar-refractivity contribution is -0.144. The number of nitrogens with one attached hydrogen (secondary N) is 8. The van der Waals surface area contributed by atoms with E-state index in [0.29, 0.717) is 5.56 Å². The maximum absolute atomic E-state index is 14.4. The number of H-pyrrole nitrogens is 1. The molecule has 0 saturated carbocycles. The van der Waals surface area contributed by atoms with Crippen LogP contribution in [-0.4, -0.2) is 170 Å². The van der Waals surface area contributed by atoms with Crippen molar-refractivity contribution in [2.75, 3.05) is 25.4 Å². The first-order chi connectivity index (χ1) is 37.0. The molecule has 1 aliphatic heterocycles. The van der Waals surface area contributed by atoms with E-state index in [9.17, 15) is 63.3 Å². The molecular formula is C51H73N13O13S. The number of hydrogen-bond acceptors (Lipinski definition) is 14. The Bertz CT molecular complexity index is 2610. The number of aromatic amines is 1. The zero-order valence-electron chi connectivity index (χ0n) is 43.7. The van der Waals surface area contributed by atoms with Crippen LogP contribution in [0.4, 0.5) is 0 Å². The van der Waals surface area contributed by atoms with Gasteiger partial charge in [0.1, 0.15) is 48.3 Å². The van der Waals surface area contributed by atoms with Crippen LogP contribution in [0.2, 0.25) is 0 Å². The van der Waals surface area contributed by atoms with Gasteiger partial charge in [-0.25, -0.2) is 4.79 Å². The maximum atomic E-state index is 14.4. The summed E-state index contributed by atoms with van der Waals surface area (Å²) in [5, 5.41) is 48.0.